The lowest BCUT2D eigenvalue weighted by molar-refractivity contribution is 0.0690. The van der Waals surface area contributed by atoms with Crippen molar-refractivity contribution >= 4 is 11.7 Å². The highest BCUT2D eigenvalue weighted by Crippen LogP contribution is 2.01. The summed E-state index contributed by atoms with van der Waals surface area (Å²) in [6.45, 7) is 1.92. The molecule has 2 heterocycles. The van der Waals surface area contributed by atoms with Gasteiger partial charge in [-0.05, 0) is 6.07 Å². The van der Waals surface area contributed by atoms with Crippen LogP contribution < -0.4 is 0 Å². The second kappa shape index (κ2) is 3.06. The summed E-state index contributed by atoms with van der Waals surface area (Å²) in [5, 5.41) is 12.8. The first-order valence-electron chi connectivity index (χ1n) is 4.16. The van der Waals surface area contributed by atoms with Crippen LogP contribution in [0.2, 0.25) is 0 Å². The van der Waals surface area contributed by atoms with Crippen LogP contribution in [-0.2, 0) is 6.42 Å². The van der Waals surface area contributed by atoms with Gasteiger partial charge in [-0.2, -0.15) is 10.1 Å². The summed E-state index contributed by atoms with van der Waals surface area (Å²) < 4.78 is 1.46. The topological polar surface area (TPSA) is 80.4 Å². The molecule has 14 heavy (non-hydrogen) atoms. The number of nitrogens with zero attached hydrogens (tertiary/aromatic N) is 4. The third-order valence-corrected chi connectivity index (χ3v) is 1.79. The fourth-order valence-corrected chi connectivity index (χ4v) is 1.09. The summed E-state index contributed by atoms with van der Waals surface area (Å²) in [5.41, 5.74) is -0.0208. The van der Waals surface area contributed by atoms with Gasteiger partial charge < -0.3 is 5.11 Å². The summed E-state index contributed by atoms with van der Waals surface area (Å²) in [6, 6.07) is 1.39. The molecule has 2 aromatic rings. The van der Waals surface area contributed by atoms with E-state index in [0.717, 1.165) is 0 Å². The van der Waals surface area contributed by atoms with Crippen LogP contribution in [0.25, 0.3) is 5.78 Å². The van der Waals surface area contributed by atoms with Crippen LogP contribution in [0.1, 0.15) is 23.2 Å². The number of aromatic nitrogens is 4. The van der Waals surface area contributed by atoms with Crippen LogP contribution >= 0.6 is 0 Å². The predicted octanol–water partition coefficient (Wildman–Crippen LogP) is 0.385. The molecule has 0 aromatic carbocycles. The highest BCUT2D eigenvalue weighted by molar-refractivity contribution is 5.85. The highest BCUT2D eigenvalue weighted by atomic mass is 16.4. The van der Waals surface area contributed by atoms with Crippen molar-refractivity contribution in [2.24, 2.45) is 0 Å². The molecule has 0 amide bonds. The molecule has 0 saturated heterocycles. The van der Waals surface area contributed by atoms with E-state index >= 15 is 0 Å². The molecular weight excluding hydrogens is 184 g/mol. The smallest absolute Gasteiger partial charge is 0.354 e. The van der Waals surface area contributed by atoms with Crippen molar-refractivity contribution in [1.29, 1.82) is 0 Å². The van der Waals surface area contributed by atoms with Crippen LogP contribution in [-0.4, -0.2) is 30.7 Å². The number of carbonyl (C=O) groups is 1. The van der Waals surface area contributed by atoms with E-state index in [2.05, 4.69) is 15.1 Å². The Hall–Kier alpha value is -1.98. The van der Waals surface area contributed by atoms with Gasteiger partial charge in [0.15, 0.2) is 11.5 Å². The number of rotatable bonds is 2. The van der Waals surface area contributed by atoms with E-state index in [1.807, 2.05) is 6.92 Å². The lowest BCUT2D eigenvalue weighted by Gasteiger charge is -1.92. The molecule has 0 spiro atoms. The summed E-state index contributed by atoms with van der Waals surface area (Å²) in [6.07, 6.45) is 2.24. The van der Waals surface area contributed by atoms with E-state index in [-0.39, 0.29) is 5.69 Å². The van der Waals surface area contributed by atoms with Gasteiger partial charge >= 0.3 is 5.97 Å². The second-order valence-corrected chi connectivity index (χ2v) is 2.74. The Balaban J connectivity index is 2.59. The number of fused-ring (bicyclic) bond motifs is 1. The van der Waals surface area contributed by atoms with E-state index in [1.165, 1.54) is 16.8 Å². The monoisotopic (exact) mass is 192 g/mol. The van der Waals surface area contributed by atoms with Crippen LogP contribution in [0.4, 0.5) is 0 Å². The first kappa shape index (κ1) is 8.61. The quantitative estimate of drug-likeness (QED) is 0.744. The Morgan fingerprint density at radius 1 is 1.57 bits per heavy atom. The van der Waals surface area contributed by atoms with Gasteiger partial charge in [0.2, 0.25) is 0 Å². The molecule has 72 valence electrons. The average Bonchev–Trinajstić information content (AvgIpc) is 2.58. The Bertz CT molecular complexity index is 491. The number of hydrogen-bond acceptors (Lipinski definition) is 4. The van der Waals surface area contributed by atoms with Crippen molar-refractivity contribution in [3.63, 3.8) is 0 Å². The molecule has 0 radical (unpaired) electrons. The van der Waals surface area contributed by atoms with Crippen LogP contribution in [0, 0.1) is 0 Å². The summed E-state index contributed by atoms with van der Waals surface area (Å²) in [7, 11) is 0. The number of aromatic carboxylic acids is 1. The van der Waals surface area contributed by atoms with Crippen molar-refractivity contribution in [3.8, 4) is 0 Å². The molecular formula is C8H8N4O2. The fourth-order valence-electron chi connectivity index (χ4n) is 1.09. The van der Waals surface area contributed by atoms with Crippen molar-refractivity contribution in [1.82, 2.24) is 19.6 Å². The normalized spacial score (nSPS) is 10.6. The van der Waals surface area contributed by atoms with E-state index in [0.29, 0.717) is 18.0 Å². The first-order chi connectivity index (χ1) is 6.70. The molecule has 2 aromatic heterocycles. The average molecular weight is 192 g/mol. The fraction of sp³-hybridized carbons (Fsp3) is 0.250. The van der Waals surface area contributed by atoms with Crippen LogP contribution in [0.3, 0.4) is 0 Å². The van der Waals surface area contributed by atoms with Crippen LogP contribution in [0.15, 0.2) is 12.3 Å². The lowest BCUT2D eigenvalue weighted by atomic mass is 10.4. The standard InChI is InChI=1S/C8H8N4O2/c1-2-6-10-8-9-5(7(13)14)3-4-12(8)11-6/h3-4H,2H2,1H3,(H,13,14). The largest absolute Gasteiger partial charge is 0.477 e. The van der Waals surface area contributed by atoms with Gasteiger partial charge in [0.05, 0.1) is 0 Å². The lowest BCUT2D eigenvalue weighted by Crippen LogP contribution is -2.02. The zero-order valence-electron chi connectivity index (χ0n) is 7.51. The maximum Gasteiger partial charge on any atom is 0.354 e. The maximum absolute atomic E-state index is 10.6. The van der Waals surface area contributed by atoms with Gasteiger partial charge in [-0.1, -0.05) is 6.92 Å². The van der Waals surface area contributed by atoms with E-state index in [1.54, 1.807) is 0 Å². The van der Waals surface area contributed by atoms with Gasteiger partial charge in [0, 0.05) is 12.6 Å². The Morgan fingerprint density at radius 3 is 3.00 bits per heavy atom. The predicted molar refractivity (Wildman–Crippen MR) is 47.1 cm³/mol. The maximum atomic E-state index is 10.6. The molecule has 0 aliphatic heterocycles. The van der Waals surface area contributed by atoms with Gasteiger partial charge in [-0.25, -0.2) is 14.3 Å². The molecule has 0 bridgehead atoms. The zero-order chi connectivity index (χ0) is 10.1. The molecule has 6 heteroatoms. The molecule has 0 unspecified atom stereocenters. The molecule has 0 atom stereocenters. The number of carboxylic acids is 1. The molecule has 6 nitrogen and oxygen atoms in total. The van der Waals surface area contributed by atoms with E-state index in [4.69, 9.17) is 5.11 Å². The van der Waals surface area contributed by atoms with E-state index < -0.39 is 5.97 Å². The van der Waals surface area contributed by atoms with Crippen molar-refractivity contribution in [3.05, 3.63) is 23.8 Å². The van der Waals surface area contributed by atoms with Gasteiger partial charge in [-0.15, -0.1) is 0 Å². The van der Waals surface area contributed by atoms with Crippen molar-refractivity contribution in [2.45, 2.75) is 13.3 Å². The first-order valence-corrected chi connectivity index (χ1v) is 4.16. The summed E-state index contributed by atoms with van der Waals surface area (Å²) in [5.74, 6) is -0.0877. The van der Waals surface area contributed by atoms with Crippen molar-refractivity contribution in [2.75, 3.05) is 0 Å². The van der Waals surface area contributed by atoms with Gasteiger partial charge in [0.25, 0.3) is 5.78 Å². The third-order valence-electron chi connectivity index (χ3n) is 1.79. The number of hydrogen-bond donors (Lipinski definition) is 1. The number of aryl methyl sites for hydroxylation is 1. The van der Waals surface area contributed by atoms with Gasteiger partial charge in [-0.3, -0.25) is 0 Å². The Morgan fingerprint density at radius 2 is 2.36 bits per heavy atom. The summed E-state index contributed by atoms with van der Waals surface area (Å²) in [4.78, 5) is 18.5. The summed E-state index contributed by atoms with van der Waals surface area (Å²) >= 11 is 0. The molecule has 2 rings (SSSR count). The van der Waals surface area contributed by atoms with Gasteiger partial charge in [0.1, 0.15) is 0 Å². The molecule has 1 N–H and O–H groups in total. The van der Waals surface area contributed by atoms with E-state index in [9.17, 15) is 4.79 Å². The third kappa shape index (κ3) is 1.30. The minimum atomic E-state index is -1.06. The molecule has 0 aliphatic carbocycles. The minimum absolute atomic E-state index is 0.0208. The molecule has 0 saturated carbocycles. The molecule has 0 aliphatic rings. The zero-order valence-corrected chi connectivity index (χ0v) is 7.51. The highest BCUT2D eigenvalue weighted by Gasteiger charge is 2.08. The Kier molecular flexibility index (Phi) is 1.88. The SMILES string of the molecule is CCc1nc2nc(C(=O)O)ccn2n1. The second-order valence-electron chi connectivity index (χ2n) is 2.74. The molecule has 0 fully saturated rings. The minimum Gasteiger partial charge on any atom is -0.477 e. The van der Waals surface area contributed by atoms with Crippen LogP contribution in [0.5, 0.6) is 0 Å². The number of carboxylic acid groups (broad SMARTS) is 1. The van der Waals surface area contributed by atoms with Crippen molar-refractivity contribution < 1.29 is 9.90 Å². The Labute approximate surface area is 79.2 Å².